The predicted octanol–water partition coefficient (Wildman–Crippen LogP) is 3.55. The highest BCUT2D eigenvalue weighted by Crippen LogP contribution is 2.30. The number of hydrogen-bond donors (Lipinski definition) is 1. The van der Waals surface area contributed by atoms with Gasteiger partial charge in [-0.2, -0.15) is 0 Å². The molecule has 0 spiro atoms. The molecule has 18 heavy (non-hydrogen) atoms. The summed E-state index contributed by atoms with van der Waals surface area (Å²) in [4.78, 5) is 2.67. The fourth-order valence-electron chi connectivity index (χ4n) is 1.75. The number of benzene rings is 1. The SMILES string of the molecule is COc1ccc(C(C)C)cc1C(O)CCN=[N+]=[N-]. The van der Waals surface area contributed by atoms with E-state index in [2.05, 4.69) is 23.9 Å². The number of aliphatic hydroxyl groups is 1. The van der Waals surface area contributed by atoms with Gasteiger partial charge in [0.15, 0.2) is 0 Å². The molecule has 0 radical (unpaired) electrons. The molecule has 1 aromatic carbocycles. The van der Waals surface area contributed by atoms with Crippen molar-refractivity contribution in [3.8, 4) is 5.75 Å². The Morgan fingerprint density at radius 2 is 2.17 bits per heavy atom. The molecule has 5 heteroatoms. The van der Waals surface area contributed by atoms with E-state index in [0.29, 0.717) is 18.1 Å². The van der Waals surface area contributed by atoms with E-state index in [1.165, 1.54) is 0 Å². The monoisotopic (exact) mass is 249 g/mol. The second kappa shape index (κ2) is 6.89. The van der Waals surface area contributed by atoms with Gasteiger partial charge >= 0.3 is 0 Å². The van der Waals surface area contributed by atoms with E-state index in [0.717, 1.165) is 11.1 Å². The lowest BCUT2D eigenvalue weighted by molar-refractivity contribution is 0.166. The molecule has 98 valence electrons. The smallest absolute Gasteiger partial charge is 0.124 e. The number of ether oxygens (including phenoxy) is 1. The molecule has 5 nitrogen and oxygen atoms in total. The third-order valence-corrected chi connectivity index (χ3v) is 2.85. The highest BCUT2D eigenvalue weighted by molar-refractivity contribution is 5.39. The molecule has 1 N–H and O–H groups in total. The Labute approximate surface area is 107 Å². The molecule has 0 aromatic heterocycles. The highest BCUT2D eigenvalue weighted by atomic mass is 16.5. The molecular weight excluding hydrogens is 230 g/mol. The summed E-state index contributed by atoms with van der Waals surface area (Å²) in [5, 5.41) is 13.5. The summed E-state index contributed by atoms with van der Waals surface area (Å²) in [7, 11) is 1.58. The van der Waals surface area contributed by atoms with Crippen molar-refractivity contribution in [1.82, 2.24) is 0 Å². The van der Waals surface area contributed by atoms with E-state index in [9.17, 15) is 5.11 Å². The Morgan fingerprint density at radius 1 is 1.44 bits per heavy atom. The maximum Gasteiger partial charge on any atom is 0.124 e. The first-order valence-electron chi connectivity index (χ1n) is 5.97. The molecule has 0 saturated heterocycles. The topological polar surface area (TPSA) is 78.2 Å². The summed E-state index contributed by atoms with van der Waals surface area (Å²) < 4.78 is 5.24. The third-order valence-electron chi connectivity index (χ3n) is 2.85. The Morgan fingerprint density at radius 3 is 2.72 bits per heavy atom. The standard InChI is InChI=1S/C13H19N3O2/c1-9(2)10-4-5-13(18-3)11(8-10)12(17)6-7-15-16-14/h4-5,8-9,12,17H,6-7H2,1-3H3. The van der Waals surface area contributed by atoms with Crippen LogP contribution < -0.4 is 4.74 Å². The van der Waals surface area contributed by atoms with Crippen LogP contribution in [-0.4, -0.2) is 18.8 Å². The number of methoxy groups -OCH3 is 1. The summed E-state index contributed by atoms with van der Waals surface area (Å²) in [6.45, 7) is 4.46. The van der Waals surface area contributed by atoms with Crippen molar-refractivity contribution in [2.45, 2.75) is 32.3 Å². The van der Waals surface area contributed by atoms with Gasteiger partial charge in [0, 0.05) is 17.0 Å². The van der Waals surface area contributed by atoms with Gasteiger partial charge in [-0.25, -0.2) is 0 Å². The number of azide groups is 1. The van der Waals surface area contributed by atoms with E-state index in [1.807, 2.05) is 18.2 Å². The number of nitrogens with zero attached hydrogens (tertiary/aromatic N) is 3. The van der Waals surface area contributed by atoms with Gasteiger partial charge in [0.2, 0.25) is 0 Å². The van der Waals surface area contributed by atoms with E-state index < -0.39 is 6.10 Å². The number of rotatable bonds is 6. The van der Waals surface area contributed by atoms with Crippen LogP contribution in [-0.2, 0) is 0 Å². The summed E-state index contributed by atoms with van der Waals surface area (Å²) in [5.41, 5.74) is 10.1. The Balaban J connectivity index is 2.95. The highest BCUT2D eigenvalue weighted by Gasteiger charge is 2.14. The van der Waals surface area contributed by atoms with Gasteiger partial charge in [-0.3, -0.25) is 0 Å². The molecule has 0 amide bonds. The average molecular weight is 249 g/mol. The van der Waals surface area contributed by atoms with E-state index >= 15 is 0 Å². The Kier molecular flexibility index (Phi) is 5.49. The molecule has 0 aliphatic heterocycles. The number of hydrogen-bond acceptors (Lipinski definition) is 3. The fourth-order valence-corrected chi connectivity index (χ4v) is 1.75. The fraction of sp³-hybridized carbons (Fsp3) is 0.538. The van der Waals surface area contributed by atoms with Crippen LogP contribution in [0.4, 0.5) is 0 Å². The largest absolute Gasteiger partial charge is 0.496 e. The molecule has 1 atom stereocenters. The maximum atomic E-state index is 10.1. The first kappa shape index (κ1) is 14.4. The second-order valence-electron chi connectivity index (χ2n) is 4.42. The van der Waals surface area contributed by atoms with Crippen molar-refractivity contribution in [3.05, 3.63) is 39.8 Å². The molecular formula is C13H19N3O2. The normalized spacial score (nSPS) is 12.1. The van der Waals surface area contributed by atoms with Crippen molar-refractivity contribution in [3.63, 3.8) is 0 Å². The van der Waals surface area contributed by atoms with Crippen molar-refractivity contribution in [2.24, 2.45) is 5.11 Å². The molecule has 0 aliphatic carbocycles. The minimum atomic E-state index is -0.677. The Bertz CT molecular complexity index is 440. The Hall–Kier alpha value is -1.71. The van der Waals surface area contributed by atoms with Crippen LogP contribution in [0.15, 0.2) is 23.3 Å². The van der Waals surface area contributed by atoms with Crippen molar-refractivity contribution in [2.75, 3.05) is 13.7 Å². The van der Waals surface area contributed by atoms with Crippen LogP contribution in [0.3, 0.4) is 0 Å². The van der Waals surface area contributed by atoms with Gasteiger partial charge in [-0.1, -0.05) is 25.0 Å². The van der Waals surface area contributed by atoms with Crippen molar-refractivity contribution < 1.29 is 9.84 Å². The zero-order valence-electron chi connectivity index (χ0n) is 11.0. The van der Waals surface area contributed by atoms with Gasteiger partial charge in [0.05, 0.1) is 13.2 Å². The van der Waals surface area contributed by atoms with E-state index in [4.69, 9.17) is 10.3 Å². The van der Waals surface area contributed by atoms with Crippen LogP contribution in [0.2, 0.25) is 0 Å². The van der Waals surface area contributed by atoms with Crippen LogP contribution in [0.5, 0.6) is 5.75 Å². The molecule has 0 saturated carbocycles. The van der Waals surface area contributed by atoms with Crippen LogP contribution in [0.1, 0.15) is 43.4 Å². The van der Waals surface area contributed by atoms with Gasteiger partial charge in [-0.05, 0) is 35.6 Å². The van der Waals surface area contributed by atoms with Gasteiger partial charge < -0.3 is 9.84 Å². The summed E-state index contributed by atoms with van der Waals surface area (Å²) >= 11 is 0. The molecule has 1 unspecified atom stereocenters. The van der Waals surface area contributed by atoms with Crippen LogP contribution >= 0.6 is 0 Å². The zero-order chi connectivity index (χ0) is 13.5. The average Bonchev–Trinajstić information content (AvgIpc) is 2.38. The van der Waals surface area contributed by atoms with Crippen LogP contribution in [0.25, 0.3) is 10.4 Å². The minimum absolute atomic E-state index is 0.271. The first-order valence-corrected chi connectivity index (χ1v) is 5.97. The maximum absolute atomic E-state index is 10.1. The lowest BCUT2D eigenvalue weighted by Gasteiger charge is -2.16. The predicted molar refractivity (Wildman–Crippen MR) is 70.7 cm³/mol. The van der Waals surface area contributed by atoms with E-state index in [1.54, 1.807) is 7.11 Å². The van der Waals surface area contributed by atoms with Gasteiger partial charge in [-0.15, -0.1) is 0 Å². The van der Waals surface area contributed by atoms with Crippen LogP contribution in [0, 0.1) is 0 Å². The quantitative estimate of drug-likeness (QED) is 0.475. The lowest BCUT2D eigenvalue weighted by atomic mass is 9.97. The van der Waals surface area contributed by atoms with Crippen molar-refractivity contribution >= 4 is 0 Å². The summed E-state index contributed by atoms with van der Waals surface area (Å²) in [5.74, 6) is 1.05. The van der Waals surface area contributed by atoms with Gasteiger partial charge in [0.1, 0.15) is 5.75 Å². The second-order valence-corrected chi connectivity index (χ2v) is 4.42. The van der Waals surface area contributed by atoms with E-state index in [-0.39, 0.29) is 6.54 Å². The first-order chi connectivity index (χ1) is 8.60. The zero-order valence-corrected chi connectivity index (χ0v) is 11.0. The minimum Gasteiger partial charge on any atom is -0.496 e. The summed E-state index contributed by atoms with van der Waals surface area (Å²) in [6, 6.07) is 5.80. The van der Waals surface area contributed by atoms with Gasteiger partial charge in [0.25, 0.3) is 0 Å². The molecule has 0 bridgehead atoms. The number of aliphatic hydroxyl groups excluding tert-OH is 1. The lowest BCUT2D eigenvalue weighted by Crippen LogP contribution is -2.03. The molecule has 0 aliphatic rings. The molecule has 0 fully saturated rings. The molecule has 0 heterocycles. The molecule has 1 rings (SSSR count). The third kappa shape index (κ3) is 3.65. The molecule has 1 aromatic rings. The summed E-state index contributed by atoms with van der Waals surface area (Å²) in [6.07, 6.45) is -0.286. The van der Waals surface area contributed by atoms with Crippen molar-refractivity contribution in [1.29, 1.82) is 0 Å².